The van der Waals surface area contributed by atoms with Gasteiger partial charge in [0.1, 0.15) is 12.7 Å². The molecule has 0 saturated carbocycles. The van der Waals surface area contributed by atoms with Crippen LogP contribution in [-0.2, 0) is 46.5 Å². The molecule has 1 heterocycles. The number of hydrogen-bond acceptors (Lipinski definition) is 11. The smallest absolute Gasteiger partial charge is 0.462 e. The molecular weight excluding hydrogens is 838 g/mol. The number of carbonyl (C=O) groups excluding carboxylic acids is 2. The van der Waals surface area contributed by atoms with E-state index in [1.807, 2.05) is 12.2 Å². The molecule has 0 spiro atoms. The topological polar surface area (TPSA) is 208 Å². The van der Waals surface area contributed by atoms with Gasteiger partial charge in [0.05, 0.1) is 32.0 Å². The Morgan fingerprint density at radius 1 is 0.597 bits per heavy atom. The van der Waals surface area contributed by atoms with Crippen LogP contribution in [0.4, 0.5) is 0 Å². The average molecular weight is 923 g/mol. The summed E-state index contributed by atoms with van der Waals surface area (Å²) in [6.07, 6.45) is 37.4. The Kier molecular flexibility index (Phi) is 35.3. The third-order valence-corrected chi connectivity index (χ3v) is 11.8. The van der Waals surface area contributed by atoms with Crippen LogP contribution in [0.3, 0.4) is 0 Å². The highest BCUT2D eigenvalue weighted by Gasteiger charge is 2.36. The Balaban J connectivity index is 2.36. The first-order chi connectivity index (χ1) is 29.7. The first-order valence-electron chi connectivity index (χ1n) is 23.7. The van der Waals surface area contributed by atoms with Gasteiger partial charge >= 0.3 is 27.6 Å². The van der Waals surface area contributed by atoms with Gasteiger partial charge in [-0.05, 0) is 57.3 Å². The first kappa shape index (κ1) is 58.3. The summed E-state index contributed by atoms with van der Waals surface area (Å²) >= 11 is 0. The first-order valence-corrected chi connectivity index (χ1v) is 26.7. The number of ether oxygens (including phenoxy) is 3. The lowest BCUT2D eigenvalue weighted by Crippen LogP contribution is -2.29. The Morgan fingerprint density at radius 3 is 1.69 bits per heavy atom. The lowest BCUT2D eigenvalue weighted by Gasteiger charge is -2.20. The van der Waals surface area contributed by atoms with E-state index in [1.165, 1.54) is 89.9 Å². The zero-order valence-corrected chi connectivity index (χ0v) is 40.1. The van der Waals surface area contributed by atoms with Crippen molar-refractivity contribution in [1.82, 2.24) is 0 Å². The Hall–Kier alpha value is -1.70. The van der Waals surface area contributed by atoms with Gasteiger partial charge in [0.15, 0.2) is 6.10 Å². The van der Waals surface area contributed by atoms with Crippen LogP contribution in [0.1, 0.15) is 188 Å². The van der Waals surface area contributed by atoms with E-state index in [-0.39, 0.29) is 12.8 Å². The summed E-state index contributed by atoms with van der Waals surface area (Å²) in [4.78, 5) is 52.8. The Morgan fingerprint density at radius 2 is 1.10 bits per heavy atom. The number of carbonyl (C=O) groups is 2. The maximum atomic E-state index is 12.7. The second-order valence-electron chi connectivity index (χ2n) is 16.9. The second-order valence-corrected chi connectivity index (χ2v) is 19.6. The van der Waals surface area contributed by atoms with Crippen molar-refractivity contribution in [3.8, 4) is 0 Å². The van der Waals surface area contributed by atoms with Crippen molar-refractivity contribution in [2.24, 2.45) is 5.92 Å². The van der Waals surface area contributed by atoms with Gasteiger partial charge in [-0.25, -0.2) is 9.13 Å². The Labute approximate surface area is 373 Å². The molecule has 0 aromatic rings. The van der Waals surface area contributed by atoms with Gasteiger partial charge in [-0.1, -0.05) is 160 Å². The predicted molar refractivity (Wildman–Crippen MR) is 243 cm³/mol. The molecule has 16 heteroatoms. The van der Waals surface area contributed by atoms with Crippen LogP contribution >= 0.6 is 15.6 Å². The molecule has 3 unspecified atom stereocenters. The van der Waals surface area contributed by atoms with Crippen LogP contribution in [0.25, 0.3) is 0 Å². The number of aliphatic hydroxyl groups excluding tert-OH is 1. The number of phosphoric acid groups is 2. The van der Waals surface area contributed by atoms with Crippen LogP contribution < -0.4 is 0 Å². The minimum absolute atomic E-state index is 0.0514. The van der Waals surface area contributed by atoms with E-state index in [4.69, 9.17) is 33.0 Å². The van der Waals surface area contributed by atoms with Crippen molar-refractivity contribution in [2.75, 3.05) is 26.4 Å². The molecule has 0 radical (unpaired) electrons. The molecular formula is C46H84O14P2. The molecule has 62 heavy (non-hydrogen) atoms. The Bertz CT molecular complexity index is 1320. The van der Waals surface area contributed by atoms with Crippen molar-refractivity contribution in [3.05, 3.63) is 36.5 Å². The van der Waals surface area contributed by atoms with E-state index in [9.17, 15) is 28.7 Å². The average Bonchev–Trinajstić information content (AvgIpc) is 3.98. The number of epoxide rings is 1. The summed E-state index contributed by atoms with van der Waals surface area (Å²) in [7, 11) is -9.70. The number of rotatable bonds is 43. The fraction of sp³-hybridized carbons (Fsp3) is 0.826. The molecule has 1 rings (SSSR count). The highest BCUT2D eigenvalue weighted by Crippen LogP contribution is 2.44. The summed E-state index contributed by atoms with van der Waals surface area (Å²) in [5.74, 6) is -0.289. The van der Waals surface area contributed by atoms with E-state index in [0.717, 1.165) is 50.9 Å². The number of hydrogen-bond donors (Lipinski definition) is 4. The number of aliphatic hydroxyl groups is 1. The summed E-state index contributed by atoms with van der Waals surface area (Å²) < 4.78 is 53.6. The van der Waals surface area contributed by atoms with E-state index >= 15 is 0 Å². The molecule has 362 valence electrons. The molecule has 0 aliphatic carbocycles. The van der Waals surface area contributed by atoms with Crippen molar-refractivity contribution in [3.63, 3.8) is 0 Å². The van der Waals surface area contributed by atoms with Gasteiger partial charge in [0, 0.05) is 12.8 Å². The molecule has 1 saturated heterocycles. The van der Waals surface area contributed by atoms with E-state index < -0.39 is 66.2 Å². The van der Waals surface area contributed by atoms with Gasteiger partial charge in [0.2, 0.25) is 0 Å². The van der Waals surface area contributed by atoms with Gasteiger partial charge in [-0.3, -0.25) is 23.2 Å². The highest BCUT2D eigenvalue weighted by atomic mass is 31.2. The molecule has 5 atom stereocenters. The lowest BCUT2D eigenvalue weighted by molar-refractivity contribution is -0.161. The van der Waals surface area contributed by atoms with Crippen LogP contribution in [0.15, 0.2) is 36.5 Å². The van der Waals surface area contributed by atoms with Crippen molar-refractivity contribution < 1.29 is 66.3 Å². The second kappa shape index (κ2) is 37.5. The van der Waals surface area contributed by atoms with Crippen molar-refractivity contribution in [2.45, 2.75) is 212 Å². The quantitative estimate of drug-likeness (QED) is 0.0148. The van der Waals surface area contributed by atoms with Gasteiger partial charge in [-0.2, -0.15) is 0 Å². The van der Waals surface area contributed by atoms with E-state index in [0.29, 0.717) is 31.5 Å². The fourth-order valence-corrected chi connectivity index (χ4v) is 7.78. The lowest BCUT2D eigenvalue weighted by atomic mass is 10.0. The molecule has 0 aromatic carbocycles. The van der Waals surface area contributed by atoms with Gasteiger partial charge in [-0.15, -0.1) is 0 Å². The zero-order chi connectivity index (χ0) is 45.7. The van der Waals surface area contributed by atoms with Crippen molar-refractivity contribution in [1.29, 1.82) is 0 Å². The minimum Gasteiger partial charge on any atom is -0.462 e. The SMILES string of the molecule is CCCCC/C=C\CC1OC1C/C=C\C/C=C\CCCC(=O)O[C@H](COC(=O)CCCCCCCCCCCCCCCCC(C)C)COP(=O)(O)OC[C@@H](O)COP(=O)(O)O. The molecule has 14 nitrogen and oxygen atoms in total. The fourth-order valence-electron chi connectivity index (χ4n) is 6.63. The molecule has 0 amide bonds. The monoisotopic (exact) mass is 923 g/mol. The molecule has 1 aliphatic heterocycles. The number of phosphoric ester groups is 2. The summed E-state index contributed by atoms with van der Waals surface area (Å²) in [5.41, 5.74) is 0. The number of allylic oxidation sites excluding steroid dienone is 4. The third-order valence-electron chi connectivity index (χ3n) is 10.4. The minimum atomic E-state index is -4.87. The largest absolute Gasteiger partial charge is 0.472 e. The van der Waals surface area contributed by atoms with E-state index in [2.05, 4.69) is 49.6 Å². The molecule has 4 N–H and O–H groups in total. The normalized spacial score (nSPS) is 17.6. The molecule has 0 bridgehead atoms. The number of esters is 2. The van der Waals surface area contributed by atoms with E-state index in [1.54, 1.807) is 0 Å². The molecule has 0 aromatic heterocycles. The molecule has 1 aliphatic rings. The highest BCUT2D eigenvalue weighted by molar-refractivity contribution is 7.47. The predicted octanol–water partition coefficient (Wildman–Crippen LogP) is 11.3. The molecule has 1 fully saturated rings. The van der Waals surface area contributed by atoms with Crippen LogP contribution in [0, 0.1) is 5.92 Å². The van der Waals surface area contributed by atoms with Crippen LogP contribution in [0.2, 0.25) is 0 Å². The standard InChI is InChI=1S/C46H84O14P2/c1-4-5-6-7-22-27-32-43-44(60-43)33-28-23-18-16-20-25-30-35-46(49)59-42(39-58-62(53,54)57-37-41(47)36-56-61(50,51)52)38-55-45(48)34-29-24-19-15-13-11-9-8-10-12-14-17-21-26-31-40(2)3/h16,20,22-23,27-28,40-44,47H,4-15,17-19,21,24-26,29-39H2,1-3H3,(H,53,54)(H2,50,51,52)/b20-16-,27-22-,28-23-/t41-,42+,43?,44?/m0/s1. The maximum Gasteiger partial charge on any atom is 0.472 e. The zero-order valence-electron chi connectivity index (χ0n) is 38.3. The van der Waals surface area contributed by atoms with Crippen LogP contribution in [-0.4, -0.2) is 82.6 Å². The number of unbranched alkanes of at least 4 members (excludes halogenated alkanes) is 17. The summed E-state index contributed by atoms with van der Waals surface area (Å²) in [6, 6.07) is 0. The third kappa shape index (κ3) is 38.7. The van der Waals surface area contributed by atoms with Crippen molar-refractivity contribution >= 4 is 27.6 Å². The van der Waals surface area contributed by atoms with Gasteiger partial charge in [0.25, 0.3) is 0 Å². The summed E-state index contributed by atoms with van der Waals surface area (Å²) in [6.45, 7) is 4.01. The van der Waals surface area contributed by atoms with Crippen LogP contribution in [0.5, 0.6) is 0 Å². The maximum absolute atomic E-state index is 12.7. The van der Waals surface area contributed by atoms with Gasteiger partial charge < -0.3 is 34.0 Å². The summed E-state index contributed by atoms with van der Waals surface area (Å²) in [5, 5.41) is 9.76.